The molecular formula is C18H18F3N5. The number of hydrogen-bond acceptors (Lipinski definition) is 5. The molecule has 0 aliphatic rings. The van der Waals surface area contributed by atoms with Crippen LogP contribution in [0.3, 0.4) is 0 Å². The van der Waals surface area contributed by atoms with E-state index in [1.807, 2.05) is 38.1 Å². The van der Waals surface area contributed by atoms with Crippen LogP contribution in [0.5, 0.6) is 0 Å². The highest BCUT2D eigenvalue weighted by atomic mass is 19.4. The number of anilines is 3. The Bertz CT molecular complexity index is 907. The third kappa shape index (κ3) is 3.68. The van der Waals surface area contributed by atoms with E-state index >= 15 is 0 Å². The lowest BCUT2D eigenvalue weighted by Crippen LogP contribution is -2.17. The highest BCUT2D eigenvalue weighted by molar-refractivity contribution is 5.92. The number of fused-ring (bicyclic) bond motifs is 1. The Morgan fingerprint density at radius 3 is 2.38 bits per heavy atom. The molecular weight excluding hydrogens is 343 g/mol. The number of halogens is 3. The summed E-state index contributed by atoms with van der Waals surface area (Å²) in [5.74, 6) is 1.04. The summed E-state index contributed by atoms with van der Waals surface area (Å²) in [6.07, 6.45) is -3.28. The summed E-state index contributed by atoms with van der Waals surface area (Å²) < 4.78 is 38.2. The first-order valence-corrected chi connectivity index (χ1v) is 8.06. The standard InChI is InChI=1S/C18H18F3N5/c1-11(2)23-17-24-14-7-5-4-6-13(14)16(25-17)26(3)12-8-9-15(22-10-12)18(19,20)21/h4-11H,1-3H3,(H,23,24,25). The van der Waals surface area contributed by atoms with Crippen molar-refractivity contribution in [3.05, 3.63) is 48.3 Å². The predicted octanol–water partition coefficient (Wildman–Crippen LogP) is 4.63. The van der Waals surface area contributed by atoms with E-state index < -0.39 is 11.9 Å². The van der Waals surface area contributed by atoms with Crippen LogP contribution in [-0.2, 0) is 6.18 Å². The predicted molar refractivity (Wildman–Crippen MR) is 95.6 cm³/mol. The summed E-state index contributed by atoms with van der Waals surface area (Å²) in [4.78, 5) is 14.2. The van der Waals surface area contributed by atoms with Crippen molar-refractivity contribution in [1.29, 1.82) is 0 Å². The van der Waals surface area contributed by atoms with Crippen LogP contribution in [-0.4, -0.2) is 28.0 Å². The SMILES string of the molecule is CC(C)Nc1nc(N(C)c2ccc(C(F)(F)F)nc2)c2ccccc2n1. The molecule has 0 aliphatic carbocycles. The topological polar surface area (TPSA) is 53.9 Å². The van der Waals surface area contributed by atoms with Gasteiger partial charge in [-0.05, 0) is 38.1 Å². The van der Waals surface area contributed by atoms with Gasteiger partial charge < -0.3 is 10.2 Å². The zero-order chi connectivity index (χ0) is 18.9. The lowest BCUT2D eigenvalue weighted by molar-refractivity contribution is -0.141. The zero-order valence-electron chi connectivity index (χ0n) is 14.5. The van der Waals surface area contributed by atoms with E-state index in [2.05, 4.69) is 20.3 Å². The second-order valence-electron chi connectivity index (χ2n) is 6.15. The number of hydrogen-bond donors (Lipinski definition) is 1. The molecule has 0 saturated carbocycles. The summed E-state index contributed by atoms with van der Waals surface area (Å²) in [6.45, 7) is 3.95. The largest absolute Gasteiger partial charge is 0.433 e. The minimum Gasteiger partial charge on any atom is -0.352 e. The lowest BCUT2D eigenvalue weighted by Gasteiger charge is -2.21. The molecule has 1 N–H and O–H groups in total. The van der Waals surface area contributed by atoms with Crippen LogP contribution in [0, 0.1) is 0 Å². The van der Waals surface area contributed by atoms with Crippen molar-refractivity contribution in [2.24, 2.45) is 0 Å². The molecule has 0 fully saturated rings. The highest BCUT2D eigenvalue weighted by Crippen LogP contribution is 2.32. The fourth-order valence-corrected chi connectivity index (χ4v) is 2.51. The second kappa shape index (κ2) is 6.78. The molecule has 1 aromatic carbocycles. The molecule has 136 valence electrons. The van der Waals surface area contributed by atoms with E-state index in [9.17, 15) is 13.2 Å². The number of pyridine rings is 1. The van der Waals surface area contributed by atoms with Gasteiger partial charge in [-0.15, -0.1) is 0 Å². The molecule has 0 saturated heterocycles. The van der Waals surface area contributed by atoms with Gasteiger partial charge in [0.1, 0.15) is 11.5 Å². The van der Waals surface area contributed by atoms with Gasteiger partial charge in [-0.3, -0.25) is 0 Å². The molecule has 2 aromatic heterocycles. The molecule has 0 atom stereocenters. The first-order chi connectivity index (χ1) is 12.3. The molecule has 26 heavy (non-hydrogen) atoms. The number of nitrogens with one attached hydrogen (secondary N) is 1. The lowest BCUT2D eigenvalue weighted by atomic mass is 10.2. The van der Waals surface area contributed by atoms with Gasteiger partial charge in [0.2, 0.25) is 5.95 Å². The molecule has 0 unspecified atom stereocenters. The molecule has 3 rings (SSSR count). The number of rotatable bonds is 4. The molecule has 2 heterocycles. The maximum Gasteiger partial charge on any atom is 0.433 e. The first-order valence-electron chi connectivity index (χ1n) is 8.06. The van der Waals surface area contributed by atoms with E-state index in [1.165, 1.54) is 12.3 Å². The normalized spacial score (nSPS) is 11.8. The van der Waals surface area contributed by atoms with E-state index in [0.29, 0.717) is 17.5 Å². The van der Waals surface area contributed by atoms with Gasteiger partial charge in [-0.2, -0.15) is 18.2 Å². The second-order valence-corrected chi connectivity index (χ2v) is 6.15. The van der Waals surface area contributed by atoms with Crippen molar-refractivity contribution in [3.63, 3.8) is 0 Å². The Balaban J connectivity index is 2.05. The van der Waals surface area contributed by atoms with Crippen LogP contribution in [0.4, 0.5) is 30.6 Å². The fourth-order valence-electron chi connectivity index (χ4n) is 2.51. The van der Waals surface area contributed by atoms with Gasteiger partial charge in [0.15, 0.2) is 0 Å². The van der Waals surface area contributed by atoms with Gasteiger partial charge in [-0.1, -0.05) is 12.1 Å². The third-order valence-corrected chi connectivity index (χ3v) is 3.74. The molecule has 3 aromatic rings. The van der Waals surface area contributed by atoms with Crippen LogP contribution in [0.1, 0.15) is 19.5 Å². The summed E-state index contributed by atoms with van der Waals surface area (Å²) in [7, 11) is 1.73. The van der Waals surface area contributed by atoms with E-state index in [1.54, 1.807) is 11.9 Å². The smallest absolute Gasteiger partial charge is 0.352 e. The Morgan fingerprint density at radius 2 is 1.77 bits per heavy atom. The van der Waals surface area contributed by atoms with Gasteiger partial charge in [0, 0.05) is 18.5 Å². The number of nitrogens with zero attached hydrogens (tertiary/aromatic N) is 4. The molecule has 0 aliphatic heterocycles. The summed E-state index contributed by atoms with van der Waals surface area (Å²) in [6, 6.07) is 9.96. The van der Waals surface area contributed by atoms with E-state index in [-0.39, 0.29) is 6.04 Å². The number of benzene rings is 1. The minimum absolute atomic E-state index is 0.141. The van der Waals surface area contributed by atoms with Crippen LogP contribution < -0.4 is 10.2 Å². The van der Waals surface area contributed by atoms with Crippen molar-refractivity contribution in [2.75, 3.05) is 17.3 Å². The first kappa shape index (κ1) is 17.9. The number of aromatic nitrogens is 3. The summed E-state index contributed by atoms with van der Waals surface area (Å²) >= 11 is 0. The maximum atomic E-state index is 12.7. The summed E-state index contributed by atoms with van der Waals surface area (Å²) in [5.41, 5.74) is 0.314. The zero-order valence-corrected chi connectivity index (χ0v) is 14.5. The third-order valence-electron chi connectivity index (χ3n) is 3.74. The Kier molecular flexibility index (Phi) is 4.67. The van der Waals surface area contributed by atoms with Crippen molar-refractivity contribution in [2.45, 2.75) is 26.1 Å². The minimum atomic E-state index is -4.47. The highest BCUT2D eigenvalue weighted by Gasteiger charge is 2.32. The average Bonchev–Trinajstić information content (AvgIpc) is 2.59. The maximum absolute atomic E-state index is 12.7. The van der Waals surface area contributed by atoms with E-state index in [0.717, 1.165) is 17.0 Å². The quantitative estimate of drug-likeness (QED) is 0.734. The van der Waals surface area contributed by atoms with Crippen molar-refractivity contribution in [1.82, 2.24) is 15.0 Å². The van der Waals surface area contributed by atoms with Crippen LogP contribution in [0.2, 0.25) is 0 Å². The molecule has 8 heteroatoms. The molecule has 0 spiro atoms. The Labute approximate surface area is 148 Å². The number of para-hydroxylation sites is 1. The fraction of sp³-hybridized carbons (Fsp3) is 0.278. The van der Waals surface area contributed by atoms with Crippen LogP contribution in [0.15, 0.2) is 42.6 Å². The van der Waals surface area contributed by atoms with Crippen molar-refractivity contribution < 1.29 is 13.2 Å². The summed E-state index contributed by atoms with van der Waals surface area (Å²) in [5, 5.41) is 3.95. The monoisotopic (exact) mass is 361 g/mol. The van der Waals surface area contributed by atoms with Crippen LogP contribution in [0.25, 0.3) is 10.9 Å². The Hall–Kier alpha value is -2.90. The van der Waals surface area contributed by atoms with Gasteiger partial charge in [0.05, 0.1) is 17.4 Å². The molecule has 0 bridgehead atoms. The molecule has 0 radical (unpaired) electrons. The van der Waals surface area contributed by atoms with Crippen LogP contribution >= 0.6 is 0 Å². The van der Waals surface area contributed by atoms with Gasteiger partial charge >= 0.3 is 6.18 Å². The average molecular weight is 361 g/mol. The Morgan fingerprint density at radius 1 is 1.04 bits per heavy atom. The van der Waals surface area contributed by atoms with Gasteiger partial charge in [0.25, 0.3) is 0 Å². The molecule has 5 nitrogen and oxygen atoms in total. The van der Waals surface area contributed by atoms with Crippen molar-refractivity contribution >= 4 is 28.4 Å². The van der Waals surface area contributed by atoms with E-state index in [4.69, 9.17) is 0 Å². The number of alkyl halides is 3. The molecule has 0 amide bonds. The van der Waals surface area contributed by atoms with Gasteiger partial charge in [-0.25, -0.2) is 9.97 Å². The van der Waals surface area contributed by atoms with Crippen molar-refractivity contribution in [3.8, 4) is 0 Å².